The van der Waals surface area contributed by atoms with Crippen LogP contribution in [-0.2, 0) is 0 Å². The van der Waals surface area contributed by atoms with Crippen molar-refractivity contribution in [2.45, 2.75) is 79.1 Å². The summed E-state index contributed by atoms with van der Waals surface area (Å²) in [6.07, 6.45) is 0. The van der Waals surface area contributed by atoms with Crippen LogP contribution in [0.5, 0.6) is 0 Å². The van der Waals surface area contributed by atoms with Crippen LogP contribution in [-0.4, -0.2) is 12.5 Å². The van der Waals surface area contributed by atoms with Crippen LogP contribution in [0.25, 0.3) is 0 Å². The third-order valence-corrected chi connectivity index (χ3v) is 6.99. The first-order chi connectivity index (χ1) is 16.7. The minimum Gasteiger partial charge on any atom is -0.304 e. The molecule has 0 unspecified atom stereocenters. The molecule has 0 amide bonds. The van der Waals surface area contributed by atoms with Gasteiger partial charge in [0, 0.05) is 5.56 Å². The van der Waals surface area contributed by atoms with E-state index in [4.69, 9.17) is 5.10 Å². The van der Waals surface area contributed by atoms with Crippen LogP contribution >= 0.6 is 0 Å². The molecule has 0 bridgehead atoms. The summed E-state index contributed by atoms with van der Waals surface area (Å²) in [6.45, 7) is 19.0. The van der Waals surface area contributed by atoms with Gasteiger partial charge in [-0.2, -0.15) is 5.10 Å². The van der Waals surface area contributed by atoms with Gasteiger partial charge in [-0.25, -0.2) is 5.01 Å². The predicted octanol–water partition coefficient (Wildman–Crippen LogP) is 8.83. The standard InChI is InChI=1S/C32H41N3/c1-21(2)26-16-12-17-27(22(3)4)30(26)34-20-35(33-32(34)25-14-10-9-11-15-25)31-28(23(5)6)18-13-19-29(31)24(7)8/h9-19,21-24H,20H2,1-8H3. The molecule has 3 heteroatoms. The minimum atomic E-state index is 0.419. The smallest absolute Gasteiger partial charge is 0.162 e. The van der Waals surface area contributed by atoms with Gasteiger partial charge in [-0.1, -0.05) is 122 Å². The van der Waals surface area contributed by atoms with Gasteiger partial charge in [-0.15, -0.1) is 0 Å². The number of amidine groups is 1. The zero-order valence-electron chi connectivity index (χ0n) is 22.7. The average Bonchev–Trinajstić information content (AvgIpc) is 3.28. The molecule has 0 saturated carbocycles. The molecule has 0 radical (unpaired) electrons. The predicted molar refractivity (Wildman–Crippen MR) is 152 cm³/mol. The number of rotatable bonds is 7. The SMILES string of the molecule is CC(C)c1cccc(C(C)C)c1N1CN(c2c(C(C)C)cccc2C(C)C)C(c2ccccc2)=N1. The van der Waals surface area contributed by atoms with Gasteiger partial charge < -0.3 is 4.90 Å². The van der Waals surface area contributed by atoms with Crippen molar-refractivity contribution in [1.82, 2.24) is 0 Å². The largest absolute Gasteiger partial charge is 0.304 e. The minimum absolute atomic E-state index is 0.419. The number of nitrogens with zero attached hydrogens (tertiary/aromatic N) is 3. The Morgan fingerprint density at radius 2 is 0.971 bits per heavy atom. The van der Waals surface area contributed by atoms with E-state index in [2.05, 4.69) is 132 Å². The first kappa shape index (κ1) is 25.0. The van der Waals surface area contributed by atoms with E-state index in [0.717, 1.165) is 11.4 Å². The first-order valence-electron chi connectivity index (χ1n) is 13.1. The van der Waals surface area contributed by atoms with Crippen molar-refractivity contribution >= 4 is 17.2 Å². The molecule has 3 nitrogen and oxygen atoms in total. The molecule has 4 rings (SSSR count). The van der Waals surface area contributed by atoms with E-state index in [0.29, 0.717) is 30.3 Å². The maximum Gasteiger partial charge on any atom is 0.162 e. The molecule has 0 fully saturated rings. The summed E-state index contributed by atoms with van der Waals surface area (Å²) < 4.78 is 0. The summed E-state index contributed by atoms with van der Waals surface area (Å²) in [5, 5.41) is 7.61. The maximum atomic E-state index is 5.35. The number of para-hydroxylation sites is 2. The maximum absolute atomic E-state index is 5.35. The molecule has 1 heterocycles. The molecule has 184 valence electrons. The normalized spacial score (nSPS) is 14.1. The van der Waals surface area contributed by atoms with Crippen LogP contribution in [0.2, 0.25) is 0 Å². The third kappa shape index (κ3) is 4.87. The first-order valence-corrected chi connectivity index (χ1v) is 13.1. The van der Waals surface area contributed by atoms with Gasteiger partial charge in [-0.05, 0) is 45.9 Å². The number of anilines is 2. The zero-order chi connectivity index (χ0) is 25.3. The lowest BCUT2D eigenvalue weighted by atomic mass is 9.91. The molecule has 1 aliphatic rings. The Morgan fingerprint density at radius 1 is 0.543 bits per heavy atom. The Morgan fingerprint density at radius 3 is 1.40 bits per heavy atom. The number of hydrogen-bond acceptors (Lipinski definition) is 3. The van der Waals surface area contributed by atoms with Crippen molar-refractivity contribution in [3.05, 3.63) is 94.5 Å². The third-order valence-electron chi connectivity index (χ3n) is 6.99. The monoisotopic (exact) mass is 467 g/mol. The van der Waals surface area contributed by atoms with E-state index in [1.807, 2.05) is 0 Å². The fraction of sp³-hybridized carbons (Fsp3) is 0.406. The highest BCUT2D eigenvalue weighted by atomic mass is 15.6. The summed E-state index contributed by atoms with van der Waals surface area (Å²) in [4.78, 5) is 2.46. The van der Waals surface area contributed by atoms with Crippen LogP contribution < -0.4 is 9.91 Å². The Kier molecular flexibility index (Phi) is 7.35. The molecule has 3 aromatic carbocycles. The summed E-state index contributed by atoms with van der Waals surface area (Å²) in [5.74, 6) is 2.70. The van der Waals surface area contributed by atoms with Gasteiger partial charge in [0.05, 0.1) is 11.4 Å². The van der Waals surface area contributed by atoms with Crippen LogP contribution in [0.4, 0.5) is 11.4 Å². The Bertz CT molecular complexity index is 1140. The van der Waals surface area contributed by atoms with Crippen molar-refractivity contribution in [2.24, 2.45) is 5.10 Å². The van der Waals surface area contributed by atoms with Gasteiger partial charge >= 0.3 is 0 Å². The van der Waals surface area contributed by atoms with E-state index in [1.165, 1.54) is 33.6 Å². The second-order valence-corrected chi connectivity index (χ2v) is 10.9. The van der Waals surface area contributed by atoms with Crippen molar-refractivity contribution in [1.29, 1.82) is 0 Å². The Balaban J connectivity index is 1.96. The fourth-order valence-corrected chi connectivity index (χ4v) is 5.13. The fourth-order valence-electron chi connectivity index (χ4n) is 5.13. The molecule has 1 aliphatic heterocycles. The Hall–Kier alpha value is -3.07. The highest BCUT2D eigenvalue weighted by Crippen LogP contribution is 2.41. The van der Waals surface area contributed by atoms with E-state index in [9.17, 15) is 0 Å². The Labute approximate surface area is 212 Å². The quantitative estimate of drug-likeness (QED) is 0.345. The molecule has 0 aliphatic carbocycles. The van der Waals surface area contributed by atoms with E-state index in [1.54, 1.807) is 0 Å². The summed E-state index contributed by atoms with van der Waals surface area (Å²) in [5.41, 5.74) is 9.20. The highest BCUT2D eigenvalue weighted by Gasteiger charge is 2.33. The topological polar surface area (TPSA) is 18.8 Å². The number of hydrazone groups is 1. The lowest BCUT2D eigenvalue weighted by Crippen LogP contribution is -2.34. The van der Waals surface area contributed by atoms with Crippen LogP contribution in [0.3, 0.4) is 0 Å². The molecular weight excluding hydrogens is 426 g/mol. The van der Waals surface area contributed by atoms with Crippen LogP contribution in [0, 0.1) is 0 Å². The van der Waals surface area contributed by atoms with Crippen molar-refractivity contribution < 1.29 is 0 Å². The summed E-state index contributed by atoms with van der Waals surface area (Å²) in [6, 6.07) is 24.2. The molecule has 0 aromatic heterocycles. The zero-order valence-corrected chi connectivity index (χ0v) is 22.7. The summed E-state index contributed by atoms with van der Waals surface area (Å²) >= 11 is 0. The second-order valence-electron chi connectivity index (χ2n) is 10.9. The van der Waals surface area contributed by atoms with Crippen molar-refractivity contribution in [2.75, 3.05) is 16.6 Å². The molecule has 35 heavy (non-hydrogen) atoms. The van der Waals surface area contributed by atoms with Crippen LogP contribution in [0.1, 0.15) is 107 Å². The molecule has 3 aromatic rings. The number of hydrogen-bond donors (Lipinski definition) is 0. The van der Waals surface area contributed by atoms with E-state index >= 15 is 0 Å². The van der Waals surface area contributed by atoms with E-state index < -0.39 is 0 Å². The second kappa shape index (κ2) is 10.3. The average molecular weight is 468 g/mol. The highest BCUT2D eigenvalue weighted by molar-refractivity contribution is 6.12. The summed E-state index contributed by atoms with van der Waals surface area (Å²) in [7, 11) is 0. The lowest BCUT2D eigenvalue weighted by Gasteiger charge is -2.30. The van der Waals surface area contributed by atoms with Gasteiger partial charge in [0.15, 0.2) is 5.84 Å². The molecular formula is C32H41N3. The van der Waals surface area contributed by atoms with Gasteiger partial charge in [-0.3, -0.25) is 0 Å². The van der Waals surface area contributed by atoms with Gasteiger partial charge in [0.25, 0.3) is 0 Å². The molecule has 0 saturated heterocycles. The van der Waals surface area contributed by atoms with Gasteiger partial charge in [0.1, 0.15) is 6.67 Å². The lowest BCUT2D eigenvalue weighted by molar-refractivity contribution is 0.789. The van der Waals surface area contributed by atoms with Crippen molar-refractivity contribution in [3.8, 4) is 0 Å². The molecule has 0 spiro atoms. The number of benzene rings is 3. The molecule has 0 N–H and O–H groups in total. The molecule has 0 atom stereocenters. The van der Waals surface area contributed by atoms with Gasteiger partial charge in [0.2, 0.25) is 0 Å². The van der Waals surface area contributed by atoms with E-state index in [-0.39, 0.29) is 0 Å². The van der Waals surface area contributed by atoms with Crippen molar-refractivity contribution in [3.63, 3.8) is 0 Å². The van der Waals surface area contributed by atoms with Crippen LogP contribution in [0.15, 0.2) is 71.8 Å².